The van der Waals surface area contributed by atoms with Crippen molar-refractivity contribution in [2.75, 3.05) is 5.32 Å². The predicted octanol–water partition coefficient (Wildman–Crippen LogP) is 3.77. The Balaban J connectivity index is 2.07. The van der Waals surface area contributed by atoms with Crippen molar-refractivity contribution in [3.05, 3.63) is 52.2 Å². The van der Waals surface area contributed by atoms with Gasteiger partial charge in [0.15, 0.2) is 5.82 Å². The van der Waals surface area contributed by atoms with Crippen LogP contribution in [-0.2, 0) is 12.8 Å². The number of pyridine rings is 1. The van der Waals surface area contributed by atoms with Gasteiger partial charge >= 0.3 is 0 Å². The molecule has 0 bridgehead atoms. The van der Waals surface area contributed by atoms with Crippen molar-refractivity contribution in [2.24, 2.45) is 0 Å². The third-order valence-electron chi connectivity index (χ3n) is 3.70. The fraction of sp³-hybridized carbons (Fsp3) is 0.250. The first kappa shape index (κ1) is 13.5. The zero-order chi connectivity index (χ0) is 15.0. The number of anilines is 2. The molecule has 3 rings (SSSR count). The van der Waals surface area contributed by atoms with Crippen LogP contribution in [0.15, 0.2) is 18.2 Å². The molecular formula is C16H13F2N3. The summed E-state index contributed by atoms with van der Waals surface area (Å²) < 4.78 is 27.9. The molecule has 5 heteroatoms. The highest BCUT2D eigenvalue weighted by atomic mass is 19.1. The SMILES string of the molecule is Cc1ccc(F)c(Nc2nc3c(cc2C#N)CCC3)c1F. The summed E-state index contributed by atoms with van der Waals surface area (Å²) in [6.07, 6.45) is 2.71. The first-order chi connectivity index (χ1) is 10.1. The van der Waals surface area contributed by atoms with Gasteiger partial charge in [-0.25, -0.2) is 13.8 Å². The number of nitrogens with zero attached hydrogens (tertiary/aromatic N) is 2. The van der Waals surface area contributed by atoms with E-state index in [1.165, 1.54) is 12.1 Å². The maximum Gasteiger partial charge on any atom is 0.152 e. The summed E-state index contributed by atoms with van der Waals surface area (Å²) in [5.41, 5.74) is 2.30. The molecule has 0 fully saturated rings. The molecule has 1 aliphatic rings. The van der Waals surface area contributed by atoms with Crippen molar-refractivity contribution < 1.29 is 8.78 Å². The molecule has 1 N–H and O–H groups in total. The van der Waals surface area contributed by atoms with E-state index in [1.54, 1.807) is 13.0 Å². The minimum atomic E-state index is -0.704. The molecule has 0 atom stereocenters. The molecular weight excluding hydrogens is 272 g/mol. The van der Waals surface area contributed by atoms with Crippen LogP contribution >= 0.6 is 0 Å². The molecule has 0 amide bonds. The van der Waals surface area contributed by atoms with Gasteiger partial charge in [-0.3, -0.25) is 0 Å². The highest BCUT2D eigenvalue weighted by Crippen LogP contribution is 2.29. The van der Waals surface area contributed by atoms with Crippen molar-refractivity contribution in [3.8, 4) is 6.07 Å². The number of benzene rings is 1. The normalized spacial score (nSPS) is 12.9. The second-order valence-corrected chi connectivity index (χ2v) is 5.13. The number of hydrogen-bond donors (Lipinski definition) is 1. The van der Waals surface area contributed by atoms with Gasteiger partial charge in [0.05, 0.1) is 5.56 Å². The third kappa shape index (κ3) is 2.33. The van der Waals surface area contributed by atoms with E-state index < -0.39 is 11.6 Å². The largest absolute Gasteiger partial charge is 0.334 e. The number of fused-ring (bicyclic) bond motifs is 1. The van der Waals surface area contributed by atoms with E-state index in [4.69, 9.17) is 0 Å². The monoisotopic (exact) mass is 285 g/mol. The van der Waals surface area contributed by atoms with Gasteiger partial charge in [-0.2, -0.15) is 5.26 Å². The van der Waals surface area contributed by atoms with E-state index in [-0.39, 0.29) is 11.5 Å². The highest BCUT2D eigenvalue weighted by molar-refractivity contribution is 5.65. The van der Waals surface area contributed by atoms with Gasteiger partial charge in [-0.1, -0.05) is 6.07 Å². The van der Waals surface area contributed by atoms with Gasteiger partial charge in [0.1, 0.15) is 23.4 Å². The third-order valence-corrected chi connectivity index (χ3v) is 3.70. The summed E-state index contributed by atoms with van der Waals surface area (Å²) in [5.74, 6) is -1.16. The number of halogens is 2. The number of rotatable bonds is 2. The van der Waals surface area contributed by atoms with Crippen LogP contribution in [0, 0.1) is 29.9 Å². The Morgan fingerprint density at radius 2 is 2.10 bits per heavy atom. The number of aromatic nitrogens is 1. The van der Waals surface area contributed by atoms with Gasteiger partial charge in [-0.05, 0) is 49.4 Å². The summed E-state index contributed by atoms with van der Waals surface area (Å²) in [4.78, 5) is 4.36. The van der Waals surface area contributed by atoms with Gasteiger partial charge in [-0.15, -0.1) is 0 Å². The summed E-state index contributed by atoms with van der Waals surface area (Å²) in [6, 6.07) is 6.35. The van der Waals surface area contributed by atoms with E-state index in [0.717, 1.165) is 30.5 Å². The van der Waals surface area contributed by atoms with Crippen LogP contribution in [0.3, 0.4) is 0 Å². The maximum absolute atomic E-state index is 14.0. The molecule has 0 radical (unpaired) electrons. The van der Waals surface area contributed by atoms with Gasteiger partial charge in [0.2, 0.25) is 0 Å². The Morgan fingerprint density at radius 3 is 2.86 bits per heavy atom. The Bertz CT molecular complexity index is 763. The molecule has 106 valence electrons. The molecule has 0 spiro atoms. The molecule has 1 aromatic carbocycles. The number of nitriles is 1. The van der Waals surface area contributed by atoms with Gasteiger partial charge in [0, 0.05) is 5.69 Å². The lowest BCUT2D eigenvalue weighted by molar-refractivity contribution is 0.584. The smallest absolute Gasteiger partial charge is 0.152 e. The lowest BCUT2D eigenvalue weighted by Gasteiger charge is -2.12. The summed E-state index contributed by atoms with van der Waals surface area (Å²) in [6.45, 7) is 1.56. The zero-order valence-corrected chi connectivity index (χ0v) is 11.5. The topological polar surface area (TPSA) is 48.7 Å². The van der Waals surface area contributed by atoms with Gasteiger partial charge < -0.3 is 5.32 Å². The van der Waals surface area contributed by atoms with Crippen LogP contribution in [-0.4, -0.2) is 4.98 Å². The fourth-order valence-electron chi connectivity index (χ4n) is 2.54. The van der Waals surface area contributed by atoms with E-state index in [1.807, 2.05) is 6.07 Å². The van der Waals surface area contributed by atoms with E-state index in [9.17, 15) is 14.0 Å². The Hall–Kier alpha value is -2.48. The second-order valence-electron chi connectivity index (χ2n) is 5.13. The predicted molar refractivity (Wildman–Crippen MR) is 75.4 cm³/mol. The van der Waals surface area contributed by atoms with Gasteiger partial charge in [0.25, 0.3) is 0 Å². The van der Waals surface area contributed by atoms with Crippen LogP contribution < -0.4 is 5.32 Å². The average Bonchev–Trinajstić information content (AvgIpc) is 2.93. The minimum absolute atomic E-state index is 0.210. The molecule has 0 saturated carbocycles. The summed E-state index contributed by atoms with van der Waals surface area (Å²) >= 11 is 0. The van der Waals surface area contributed by atoms with Crippen LogP contribution in [0.25, 0.3) is 0 Å². The van der Waals surface area contributed by atoms with Crippen molar-refractivity contribution in [2.45, 2.75) is 26.2 Å². The van der Waals surface area contributed by atoms with E-state index in [2.05, 4.69) is 10.3 Å². The van der Waals surface area contributed by atoms with Crippen molar-refractivity contribution >= 4 is 11.5 Å². The van der Waals surface area contributed by atoms with E-state index in [0.29, 0.717) is 11.1 Å². The van der Waals surface area contributed by atoms with Crippen LogP contribution in [0.1, 0.15) is 28.8 Å². The molecule has 21 heavy (non-hydrogen) atoms. The molecule has 1 heterocycles. The molecule has 1 aliphatic carbocycles. The first-order valence-electron chi connectivity index (χ1n) is 6.74. The summed E-state index contributed by atoms with van der Waals surface area (Å²) in [5, 5.41) is 11.9. The zero-order valence-electron chi connectivity index (χ0n) is 11.5. The van der Waals surface area contributed by atoms with Crippen molar-refractivity contribution in [1.82, 2.24) is 4.98 Å². The quantitative estimate of drug-likeness (QED) is 0.913. The molecule has 0 unspecified atom stereocenters. The molecule has 0 aliphatic heterocycles. The molecule has 0 saturated heterocycles. The fourth-order valence-corrected chi connectivity index (χ4v) is 2.54. The summed E-state index contributed by atoms with van der Waals surface area (Å²) in [7, 11) is 0. The second kappa shape index (κ2) is 5.13. The van der Waals surface area contributed by atoms with Crippen molar-refractivity contribution in [1.29, 1.82) is 5.26 Å². The number of nitrogens with one attached hydrogen (secondary N) is 1. The van der Waals surface area contributed by atoms with Crippen molar-refractivity contribution in [3.63, 3.8) is 0 Å². The lowest BCUT2D eigenvalue weighted by atomic mass is 10.1. The molecule has 2 aromatic rings. The number of aryl methyl sites for hydroxylation is 3. The maximum atomic E-state index is 14.0. The van der Waals surface area contributed by atoms with E-state index >= 15 is 0 Å². The van der Waals surface area contributed by atoms with Crippen LogP contribution in [0.4, 0.5) is 20.3 Å². The Kier molecular flexibility index (Phi) is 3.30. The average molecular weight is 285 g/mol. The minimum Gasteiger partial charge on any atom is -0.334 e. The molecule has 1 aromatic heterocycles. The van der Waals surface area contributed by atoms with Crippen LogP contribution in [0.2, 0.25) is 0 Å². The standard InChI is InChI=1S/C16H13F2N3/c1-9-5-6-12(17)15(14(9)18)21-16-11(8-19)7-10-3-2-4-13(10)20-16/h5-7H,2-4H2,1H3,(H,20,21). The highest BCUT2D eigenvalue weighted by Gasteiger charge is 2.19. The lowest BCUT2D eigenvalue weighted by Crippen LogP contribution is -2.05. The molecule has 3 nitrogen and oxygen atoms in total. The first-order valence-corrected chi connectivity index (χ1v) is 6.74. The van der Waals surface area contributed by atoms with Crippen LogP contribution in [0.5, 0.6) is 0 Å². The number of hydrogen-bond acceptors (Lipinski definition) is 3. The Labute approximate surface area is 121 Å². The Morgan fingerprint density at radius 1 is 1.29 bits per heavy atom.